The van der Waals surface area contributed by atoms with Gasteiger partial charge >= 0.3 is 0 Å². The van der Waals surface area contributed by atoms with Crippen molar-refractivity contribution in [2.45, 2.75) is 38.3 Å². The predicted molar refractivity (Wildman–Crippen MR) is 91.5 cm³/mol. The molecule has 3 rings (SSSR count). The van der Waals surface area contributed by atoms with E-state index in [1.807, 2.05) is 0 Å². The number of nitrogens with zero attached hydrogens (tertiary/aromatic N) is 1. The normalized spacial score (nSPS) is 22.7. The highest BCUT2D eigenvalue weighted by atomic mass is 16.5. The number of carbonyl (C=O) groups is 1. The highest BCUT2D eigenvalue weighted by Gasteiger charge is 2.28. The minimum absolute atomic E-state index is 0.0305. The molecule has 2 aliphatic rings. The number of para-hydroxylation sites is 1. The summed E-state index contributed by atoms with van der Waals surface area (Å²) in [5.74, 6) is 0.215. The molecule has 0 saturated carbocycles. The van der Waals surface area contributed by atoms with Crippen molar-refractivity contribution in [3.8, 4) is 0 Å². The van der Waals surface area contributed by atoms with Gasteiger partial charge in [0.05, 0.1) is 6.04 Å². The van der Waals surface area contributed by atoms with Gasteiger partial charge in [0.15, 0.2) is 0 Å². The van der Waals surface area contributed by atoms with E-state index in [4.69, 9.17) is 10.5 Å². The second kappa shape index (κ2) is 7.32. The van der Waals surface area contributed by atoms with Crippen LogP contribution in [0, 0.1) is 5.92 Å². The van der Waals surface area contributed by atoms with Gasteiger partial charge in [-0.05, 0) is 43.7 Å². The molecule has 5 heteroatoms. The van der Waals surface area contributed by atoms with Gasteiger partial charge in [-0.15, -0.1) is 0 Å². The lowest BCUT2D eigenvalue weighted by Gasteiger charge is -2.28. The van der Waals surface area contributed by atoms with Crippen LogP contribution in [-0.2, 0) is 16.0 Å². The molecule has 1 fully saturated rings. The van der Waals surface area contributed by atoms with Crippen LogP contribution in [-0.4, -0.2) is 44.3 Å². The molecule has 2 unspecified atom stereocenters. The number of ether oxygens (including phenoxy) is 1. The van der Waals surface area contributed by atoms with Gasteiger partial charge in [0, 0.05) is 38.0 Å². The summed E-state index contributed by atoms with van der Waals surface area (Å²) in [6.45, 7) is 5.12. The molecule has 0 spiro atoms. The van der Waals surface area contributed by atoms with Crippen LogP contribution >= 0.6 is 0 Å². The van der Waals surface area contributed by atoms with Crippen molar-refractivity contribution in [3.63, 3.8) is 0 Å². The predicted octanol–water partition coefficient (Wildman–Crippen LogP) is 1.31. The number of benzene rings is 1. The van der Waals surface area contributed by atoms with Crippen LogP contribution in [0.2, 0.25) is 0 Å². The van der Waals surface area contributed by atoms with Gasteiger partial charge in [0.1, 0.15) is 0 Å². The lowest BCUT2D eigenvalue weighted by molar-refractivity contribution is -0.124. The summed E-state index contributed by atoms with van der Waals surface area (Å²) >= 11 is 0. The minimum Gasteiger partial charge on any atom is -0.381 e. The summed E-state index contributed by atoms with van der Waals surface area (Å²) < 4.78 is 5.33. The Bertz CT molecular complexity index is 543. The van der Waals surface area contributed by atoms with Crippen LogP contribution in [0.3, 0.4) is 0 Å². The summed E-state index contributed by atoms with van der Waals surface area (Å²) in [6.07, 6.45) is 2.84. The molecule has 3 N–H and O–H groups in total. The molecule has 1 amide bonds. The standard InChI is InChI=1S/C18H27N3O2/c1-13-12-15-4-2-3-5-16(15)21(13)9-8-20-18(22)17(19)14-6-10-23-11-7-14/h2-5,13-14,17H,6-12,19H2,1H3,(H,20,22). The topological polar surface area (TPSA) is 67.6 Å². The maximum atomic E-state index is 12.2. The summed E-state index contributed by atoms with van der Waals surface area (Å²) in [5.41, 5.74) is 8.80. The van der Waals surface area contributed by atoms with Crippen molar-refractivity contribution in [3.05, 3.63) is 29.8 Å². The van der Waals surface area contributed by atoms with Gasteiger partial charge in [0.2, 0.25) is 5.91 Å². The summed E-state index contributed by atoms with van der Waals surface area (Å²) in [6, 6.07) is 8.57. The second-order valence-electron chi connectivity index (χ2n) is 6.64. The number of nitrogens with one attached hydrogen (secondary N) is 1. The van der Waals surface area contributed by atoms with Crippen molar-refractivity contribution in [2.24, 2.45) is 11.7 Å². The molecule has 1 saturated heterocycles. The fourth-order valence-electron chi connectivity index (χ4n) is 3.68. The van der Waals surface area contributed by atoms with E-state index in [1.54, 1.807) is 0 Å². The zero-order valence-corrected chi connectivity index (χ0v) is 13.8. The average molecular weight is 317 g/mol. The highest BCUT2D eigenvalue weighted by Crippen LogP contribution is 2.31. The fraction of sp³-hybridized carbons (Fsp3) is 0.611. The molecule has 0 aliphatic carbocycles. The smallest absolute Gasteiger partial charge is 0.237 e. The van der Waals surface area contributed by atoms with E-state index in [1.165, 1.54) is 11.3 Å². The van der Waals surface area contributed by atoms with Gasteiger partial charge in [-0.2, -0.15) is 0 Å². The third kappa shape index (κ3) is 3.67. The van der Waals surface area contributed by atoms with E-state index in [-0.39, 0.29) is 11.8 Å². The fourth-order valence-corrected chi connectivity index (χ4v) is 3.68. The number of hydrogen-bond acceptors (Lipinski definition) is 4. The molecule has 0 aromatic heterocycles. The summed E-state index contributed by atoms with van der Waals surface area (Å²) in [7, 11) is 0. The summed E-state index contributed by atoms with van der Waals surface area (Å²) in [5, 5.41) is 3.01. The van der Waals surface area contributed by atoms with E-state index >= 15 is 0 Å². The van der Waals surface area contributed by atoms with Crippen LogP contribution < -0.4 is 16.0 Å². The minimum atomic E-state index is -0.415. The van der Waals surface area contributed by atoms with Crippen molar-refractivity contribution in [1.29, 1.82) is 0 Å². The van der Waals surface area contributed by atoms with Crippen LogP contribution in [0.4, 0.5) is 5.69 Å². The monoisotopic (exact) mass is 317 g/mol. The van der Waals surface area contributed by atoms with Gasteiger partial charge in [0.25, 0.3) is 0 Å². The molecular formula is C18H27N3O2. The third-order valence-corrected chi connectivity index (χ3v) is 5.08. The van der Waals surface area contributed by atoms with Gasteiger partial charge in [-0.25, -0.2) is 0 Å². The molecule has 2 heterocycles. The van der Waals surface area contributed by atoms with E-state index < -0.39 is 6.04 Å². The number of rotatable bonds is 5. The van der Waals surface area contributed by atoms with Crippen LogP contribution in [0.5, 0.6) is 0 Å². The summed E-state index contributed by atoms with van der Waals surface area (Å²) in [4.78, 5) is 14.6. The Morgan fingerprint density at radius 3 is 2.91 bits per heavy atom. The SMILES string of the molecule is CC1Cc2ccccc2N1CCNC(=O)C(N)C1CCOCC1. The first kappa shape index (κ1) is 16.3. The Labute approximate surface area is 138 Å². The molecular weight excluding hydrogens is 290 g/mol. The Morgan fingerprint density at radius 1 is 1.39 bits per heavy atom. The number of fused-ring (bicyclic) bond motifs is 1. The first-order valence-electron chi connectivity index (χ1n) is 8.62. The van der Waals surface area contributed by atoms with E-state index in [2.05, 4.69) is 41.4 Å². The van der Waals surface area contributed by atoms with Crippen molar-refractivity contribution < 1.29 is 9.53 Å². The van der Waals surface area contributed by atoms with Gasteiger partial charge in [-0.1, -0.05) is 18.2 Å². The van der Waals surface area contributed by atoms with Gasteiger partial charge < -0.3 is 20.7 Å². The van der Waals surface area contributed by atoms with E-state index in [0.29, 0.717) is 25.8 Å². The first-order valence-corrected chi connectivity index (χ1v) is 8.62. The van der Waals surface area contributed by atoms with E-state index in [9.17, 15) is 4.79 Å². The van der Waals surface area contributed by atoms with Crippen molar-refractivity contribution in [1.82, 2.24) is 5.32 Å². The lowest BCUT2D eigenvalue weighted by atomic mass is 9.92. The molecule has 0 radical (unpaired) electrons. The first-order chi connectivity index (χ1) is 11.2. The van der Waals surface area contributed by atoms with Crippen LogP contribution in [0.1, 0.15) is 25.3 Å². The molecule has 5 nitrogen and oxygen atoms in total. The Hall–Kier alpha value is -1.59. The molecule has 1 aromatic carbocycles. The number of nitrogens with two attached hydrogens (primary N) is 1. The Morgan fingerprint density at radius 2 is 2.13 bits per heavy atom. The van der Waals surface area contributed by atoms with Gasteiger partial charge in [-0.3, -0.25) is 4.79 Å². The molecule has 2 aliphatic heterocycles. The average Bonchev–Trinajstić information content (AvgIpc) is 2.90. The number of hydrogen-bond donors (Lipinski definition) is 2. The molecule has 0 bridgehead atoms. The van der Waals surface area contributed by atoms with Crippen LogP contribution in [0.15, 0.2) is 24.3 Å². The second-order valence-corrected chi connectivity index (χ2v) is 6.64. The Balaban J connectivity index is 1.48. The number of amides is 1. The number of carbonyl (C=O) groups excluding carboxylic acids is 1. The quantitative estimate of drug-likeness (QED) is 0.859. The zero-order valence-electron chi connectivity index (χ0n) is 13.8. The van der Waals surface area contributed by atoms with Crippen LogP contribution in [0.25, 0.3) is 0 Å². The maximum absolute atomic E-state index is 12.2. The number of anilines is 1. The molecule has 1 aromatic rings. The molecule has 126 valence electrons. The van der Waals surface area contributed by atoms with E-state index in [0.717, 1.165) is 25.8 Å². The van der Waals surface area contributed by atoms with Crippen molar-refractivity contribution >= 4 is 11.6 Å². The lowest BCUT2D eigenvalue weighted by Crippen LogP contribution is -2.49. The largest absolute Gasteiger partial charge is 0.381 e. The maximum Gasteiger partial charge on any atom is 0.237 e. The zero-order chi connectivity index (χ0) is 16.2. The third-order valence-electron chi connectivity index (χ3n) is 5.08. The molecule has 23 heavy (non-hydrogen) atoms. The van der Waals surface area contributed by atoms with Crippen molar-refractivity contribution in [2.75, 3.05) is 31.2 Å². The Kier molecular flexibility index (Phi) is 5.18. The molecule has 2 atom stereocenters. The highest BCUT2D eigenvalue weighted by molar-refractivity contribution is 5.81.